The van der Waals surface area contributed by atoms with Crippen molar-refractivity contribution < 1.29 is 8.78 Å². The van der Waals surface area contributed by atoms with E-state index in [1.54, 1.807) is 0 Å². The van der Waals surface area contributed by atoms with Gasteiger partial charge in [-0.25, -0.2) is 8.78 Å². The maximum absolute atomic E-state index is 14.5. The summed E-state index contributed by atoms with van der Waals surface area (Å²) in [6.45, 7) is 9.89. The summed E-state index contributed by atoms with van der Waals surface area (Å²) in [7, 11) is 0. The average molecular weight is 302 g/mol. The van der Waals surface area contributed by atoms with E-state index in [9.17, 15) is 8.78 Å². The summed E-state index contributed by atoms with van der Waals surface area (Å²) in [6.07, 6.45) is 5.04. The summed E-state index contributed by atoms with van der Waals surface area (Å²) >= 11 is 0. The van der Waals surface area contributed by atoms with Crippen molar-refractivity contribution in [2.75, 3.05) is 32.7 Å². The van der Waals surface area contributed by atoms with Crippen molar-refractivity contribution in [3.63, 3.8) is 0 Å². The average Bonchev–Trinajstić information content (AvgIpc) is 2.39. The summed E-state index contributed by atoms with van der Waals surface area (Å²) in [5, 5.41) is 0. The third kappa shape index (κ3) is 4.62. The van der Waals surface area contributed by atoms with Gasteiger partial charge >= 0.3 is 0 Å². The molecule has 0 unspecified atom stereocenters. The van der Waals surface area contributed by atoms with Crippen molar-refractivity contribution in [1.82, 2.24) is 9.80 Å². The number of hydrogen-bond donors (Lipinski definition) is 0. The number of halogens is 2. The Morgan fingerprint density at radius 1 is 1.10 bits per heavy atom. The van der Waals surface area contributed by atoms with Gasteiger partial charge in [-0.05, 0) is 63.6 Å². The Morgan fingerprint density at radius 2 is 1.76 bits per heavy atom. The zero-order valence-electron chi connectivity index (χ0n) is 14.0. The van der Waals surface area contributed by atoms with Crippen molar-refractivity contribution >= 4 is 0 Å². The molecule has 2 saturated heterocycles. The van der Waals surface area contributed by atoms with Gasteiger partial charge < -0.3 is 0 Å². The highest BCUT2D eigenvalue weighted by Crippen LogP contribution is 2.34. The summed E-state index contributed by atoms with van der Waals surface area (Å²) in [5.41, 5.74) is 0. The Hall–Kier alpha value is -0.220. The zero-order valence-corrected chi connectivity index (χ0v) is 14.0. The van der Waals surface area contributed by atoms with Gasteiger partial charge in [0.2, 0.25) is 0 Å². The standard InChI is InChI=1S/C17H32F2N2/c1-4-8-20-9-7-16(17(18,19)13-20)21-10-5-15(6-11-21)12-14(2)3/h14-16H,4-13H2,1-3H3/t16-/m0/s1. The highest BCUT2D eigenvalue weighted by Gasteiger charge is 2.47. The molecule has 0 aromatic rings. The molecule has 2 aliphatic heterocycles. The van der Waals surface area contributed by atoms with Gasteiger partial charge in [-0.2, -0.15) is 0 Å². The normalized spacial score (nSPS) is 29.1. The molecule has 2 rings (SSSR count). The highest BCUT2D eigenvalue weighted by molar-refractivity contribution is 4.94. The Bertz CT molecular complexity index is 312. The number of piperidine rings is 2. The molecule has 2 heterocycles. The van der Waals surface area contributed by atoms with Gasteiger partial charge in [-0.15, -0.1) is 0 Å². The van der Waals surface area contributed by atoms with Crippen molar-refractivity contribution in [2.24, 2.45) is 11.8 Å². The molecule has 1 atom stereocenters. The smallest absolute Gasteiger partial charge is 0.275 e. The highest BCUT2D eigenvalue weighted by atomic mass is 19.3. The number of alkyl halides is 2. The van der Waals surface area contributed by atoms with Crippen molar-refractivity contribution in [2.45, 2.75) is 64.8 Å². The quantitative estimate of drug-likeness (QED) is 0.761. The van der Waals surface area contributed by atoms with Gasteiger partial charge in [0.1, 0.15) is 0 Å². The van der Waals surface area contributed by atoms with E-state index in [4.69, 9.17) is 0 Å². The minimum Gasteiger partial charge on any atom is -0.297 e. The molecule has 124 valence electrons. The molecule has 2 nitrogen and oxygen atoms in total. The molecule has 0 aromatic carbocycles. The molecule has 0 N–H and O–H groups in total. The summed E-state index contributed by atoms with van der Waals surface area (Å²) in [4.78, 5) is 4.02. The van der Waals surface area contributed by atoms with Crippen LogP contribution in [0.2, 0.25) is 0 Å². The van der Waals surface area contributed by atoms with Crippen LogP contribution < -0.4 is 0 Å². The second-order valence-electron chi connectivity index (χ2n) is 7.45. The minimum atomic E-state index is -2.54. The maximum Gasteiger partial charge on any atom is 0.275 e. The van der Waals surface area contributed by atoms with Crippen molar-refractivity contribution in [3.8, 4) is 0 Å². The van der Waals surface area contributed by atoms with E-state index < -0.39 is 12.0 Å². The maximum atomic E-state index is 14.5. The molecule has 0 saturated carbocycles. The largest absolute Gasteiger partial charge is 0.297 e. The van der Waals surface area contributed by atoms with E-state index >= 15 is 0 Å². The van der Waals surface area contributed by atoms with Gasteiger partial charge in [0.25, 0.3) is 5.92 Å². The lowest BCUT2D eigenvalue weighted by Crippen LogP contribution is -2.59. The third-order valence-electron chi connectivity index (χ3n) is 5.08. The first-order valence-electron chi connectivity index (χ1n) is 8.76. The van der Waals surface area contributed by atoms with Gasteiger partial charge in [0, 0.05) is 6.54 Å². The van der Waals surface area contributed by atoms with Crippen LogP contribution in [0.3, 0.4) is 0 Å². The monoisotopic (exact) mass is 302 g/mol. The van der Waals surface area contributed by atoms with Crippen LogP contribution in [0.25, 0.3) is 0 Å². The Balaban J connectivity index is 1.85. The van der Waals surface area contributed by atoms with E-state index in [1.807, 2.05) is 4.90 Å². The van der Waals surface area contributed by atoms with Crippen molar-refractivity contribution in [1.29, 1.82) is 0 Å². The van der Waals surface area contributed by atoms with Crippen LogP contribution in [-0.4, -0.2) is 54.5 Å². The fourth-order valence-corrected chi connectivity index (χ4v) is 4.12. The van der Waals surface area contributed by atoms with Crippen LogP contribution in [-0.2, 0) is 0 Å². The first-order valence-corrected chi connectivity index (χ1v) is 8.76. The van der Waals surface area contributed by atoms with Gasteiger partial charge in [-0.1, -0.05) is 20.8 Å². The Labute approximate surface area is 128 Å². The predicted octanol–water partition coefficient (Wildman–Crippen LogP) is 3.86. The van der Waals surface area contributed by atoms with Gasteiger partial charge in [0.15, 0.2) is 0 Å². The molecule has 2 aliphatic rings. The van der Waals surface area contributed by atoms with E-state index in [-0.39, 0.29) is 6.54 Å². The fourth-order valence-electron chi connectivity index (χ4n) is 4.12. The molecule has 21 heavy (non-hydrogen) atoms. The minimum absolute atomic E-state index is 0.0442. The van der Waals surface area contributed by atoms with E-state index in [1.165, 1.54) is 6.42 Å². The Kier molecular flexibility index (Phi) is 6.01. The first kappa shape index (κ1) is 17.1. The van der Waals surface area contributed by atoms with Crippen LogP contribution in [0.4, 0.5) is 8.78 Å². The summed E-state index contributed by atoms with van der Waals surface area (Å²) in [5.74, 6) is -1.08. The molecular weight excluding hydrogens is 270 g/mol. The third-order valence-corrected chi connectivity index (χ3v) is 5.08. The lowest BCUT2D eigenvalue weighted by molar-refractivity contribution is -0.132. The number of hydrogen-bond acceptors (Lipinski definition) is 2. The van der Waals surface area contributed by atoms with Gasteiger partial charge in [0.05, 0.1) is 12.6 Å². The second-order valence-corrected chi connectivity index (χ2v) is 7.45. The summed E-state index contributed by atoms with van der Waals surface area (Å²) in [6, 6.07) is -0.523. The lowest BCUT2D eigenvalue weighted by Gasteiger charge is -2.46. The molecule has 0 aromatic heterocycles. The van der Waals surface area contributed by atoms with Crippen LogP contribution in [0.15, 0.2) is 0 Å². The van der Waals surface area contributed by atoms with Crippen LogP contribution in [0, 0.1) is 11.8 Å². The predicted molar refractivity (Wildman–Crippen MR) is 83.8 cm³/mol. The van der Waals surface area contributed by atoms with Gasteiger partial charge in [-0.3, -0.25) is 9.80 Å². The molecule has 2 fully saturated rings. The van der Waals surface area contributed by atoms with Crippen molar-refractivity contribution in [3.05, 3.63) is 0 Å². The second kappa shape index (κ2) is 7.36. The number of nitrogens with zero attached hydrogens (tertiary/aromatic N) is 2. The molecule has 0 bridgehead atoms. The first-order chi connectivity index (χ1) is 9.92. The lowest BCUT2D eigenvalue weighted by atomic mass is 9.87. The Morgan fingerprint density at radius 3 is 2.29 bits per heavy atom. The van der Waals surface area contributed by atoms with E-state index in [0.717, 1.165) is 57.3 Å². The van der Waals surface area contributed by atoms with E-state index in [2.05, 4.69) is 25.7 Å². The van der Waals surface area contributed by atoms with E-state index in [0.29, 0.717) is 6.42 Å². The van der Waals surface area contributed by atoms with Crippen LogP contribution >= 0.6 is 0 Å². The molecule has 0 radical (unpaired) electrons. The fraction of sp³-hybridized carbons (Fsp3) is 1.00. The topological polar surface area (TPSA) is 6.48 Å². The number of likely N-dealkylation sites (tertiary alicyclic amines) is 2. The zero-order chi connectivity index (χ0) is 15.5. The van der Waals surface area contributed by atoms with Crippen LogP contribution in [0.5, 0.6) is 0 Å². The number of rotatable bonds is 5. The van der Waals surface area contributed by atoms with Crippen LogP contribution in [0.1, 0.15) is 52.9 Å². The molecule has 0 spiro atoms. The molecular formula is C17H32F2N2. The molecule has 0 aliphatic carbocycles. The summed E-state index contributed by atoms with van der Waals surface area (Å²) < 4.78 is 28.9. The molecule has 4 heteroatoms. The molecule has 0 amide bonds. The SMILES string of the molecule is CCCN1CC[C@H](N2CCC(CC(C)C)CC2)C(F)(F)C1.